The highest BCUT2D eigenvalue weighted by atomic mass is 35.5. The third-order valence-corrected chi connectivity index (χ3v) is 4.41. The van der Waals surface area contributed by atoms with Crippen molar-refractivity contribution in [2.24, 2.45) is 0 Å². The van der Waals surface area contributed by atoms with Gasteiger partial charge in [-0.25, -0.2) is 0 Å². The van der Waals surface area contributed by atoms with Crippen LogP contribution in [0, 0.1) is 0 Å². The van der Waals surface area contributed by atoms with Gasteiger partial charge in [0.05, 0.1) is 26.2 Å². The number of hydrogen-bond donors (Lipinski definition) is 1. The van der Waals surface area contributed by atoms with Gasteiger partial charge in [-0.1, -0.05) is 48.0 Å². The van der Waals surface area contributed by atoms with E-state index < -0.39 is 0 Å². The van der Waals surface area contributed by atoms with Crippen molar-refractivity contribution in [3.05, 3.63) is 70.9 Å². The Morgan fingerprint density at radius 1 is 1.03 bits per heavy atom. The molecule has 1 amide bonds. The summed E-state index contributed by atoms with van der Waals surface area (Å²) in [5.74, 6) is 1.44. The molecule has 3 rings (SSSR count). The zero-order chi connectivity index (χ0) is 20.6. The second-order valence-electron chi connectivity index (χ2n) is 6.38. The average Bonchev–Trinajstić information content (AvgIpc) is 3.03. The summed E-state index contributed by atoms with van der Waals surface area (Å²) in [6.07, 6.45) is 1.88. The predicted octanol–water partition coefficient (Wildman–Crippen LogP) is 4.56. The number of hydrogen-bond acceptors (Lipinski definition) is 4. The summed E-state index contributed by atoms with van der Waals surface area (Å²) in [5, 5.41) is 7.56. The molecular weight excluding hydrogens is 390 g/mol. The van der Waals surface area contributed by atoms with Crippen LogP contribution in [0.1, 0.15) is 25.0 Å². The molecule has 0 aliphatic rings. The molecule has 3 aromatic rings. The van der Waals surface area contributed by atoms with Gasteiger partial charge in [0, 0.05) is 6.20 Å². The van der Waals surface area contributed by atoms with Gasteiger partial charge in [-0.05, 0) is 37.1 Å². The van der Waals surface area contributed by atoms with Gasteiger partial charge >= 0.3 is 0 Å². The van der Waals surface area contributed by atoms with Crippen molar-refractivity contribution in [2.75, 3.05) is 18.5 Å². The molecule has 152 valence electrons. The van der Waals surface area contributed by atoms with E-state index in [4.69, 9.17) is 21.1 Å². The van der Waals surface area contributed by atoms with Gasteiger partial charge < -0.3 is 14.8 Å². The molecule has 1 aromatic heterocycles. The second-order valence-corrected chi connectivity index (χ2v) is 6.79. The van der Waals surface area contributed by atoms with E-state index in [2.05, 4.69) is 10.4 Å². The Labute approximate surface area is 175 Å². The summed E-state index contributed by atoms with van der Waals surface area (Å²) >= 11 is 6.25. The summed E-state index contributed by atoms with van der Waals surface area (Å²) in [6, 6.07) is 15.4. The molecule has 0 bridgehead atoms. The third-order valence-electron chi connectivity index (χ3n) is 4.13. The van der Waals surface area contributed by atoms with Gasteiger partial charge in [-0.3, -0.25) is 9.48 Å². The largest absolute Gasteiger partial charge is 0.490 e. The summed E-state index contributed by atoms with van der Waals surface area (Å²) in [4.78, 5) is 12.5. The van der Waals surface area contributed by atoms with Gasteiger partial charge in [0.15, 0.2) is 17.3 Å². The van der Waals surface area contributed by atoms with Crippen LogP contribution in [0.25, 0.3) is 0 Å². The number of amides is 1. The zero-order valence-electron chi connectivity index (χ0n) is 16.5. The number of halogens is 1. The van der Waals surface area contributed by atoms with Crippen LogP contribution in [0.3, 0.4) is 0 Å². The maximum Gasteiger partial charge on any atom is 0.230 e. The van der Waals surface area contributed by atoms with E-state index in [-0.39, 0.29) is 12.3 Å². The molecule has 0 saturated carbocycles. The number of carbonyl (C=O) groups excluding carboxylic acids is 1. The second kappa shape index (κ2) is 9.98. The van der Waals surface area contributed by atoms with Gasteiger partial charge in [0.25, 0.3) is 0 Å². The van der Waals surface area contributed by atoms with Crippen LogP contribution < -0.4 is 14.8 Å². The van der Waals surface area contributed by atoms with Crippen molar-refractivity contribution in [1.82, 2.24) is 9.78 Å². The van der Waals surface area contributed by atoms with Crippen LogP contribution in [0.5, 0.6) is 11.5 Å². The van der Waals surface area contributed by atoms with Crippen LogP contribution in [0.15, 0.2) is 54.7 Å². The highest BCUT2D eigenvalue weighted by Crippen LogP contribution is 2.29. The van der Waals surface area contributed by atoms with E-state index in [0.29, 0.717) is 42.1 Å². The summed E-state index contributed by atoms with van der Waals surface area (Å²) in [5.41, 5.74) is 1.91. The Hall–Kier alpha value is -2.99. The standard InChI is InChI=1S/C22H24ClN3O3/c1-3-28-19-11-10-17(12-20(19)29-4-2)13-21(27)24-22-18(23)15-26(25-22)14-16-8-6-5-7-9-16/h5-12,15H,3-4,13-14H2,1-2H3,(H,24,25,27). The van der Waals surface area contributed by atoms with Gasteiger partial charge in [0.2, 0.25) is 5.91 Å². The Balaban J connectivity index is 1.65. The number of ether oxygens (including phenoxy) is 2. The molecule has 1 N–H and O–H groups in total. The van der Waals surface area contributed by atoms with Crippen molar-refractivity contribution in [2.45, 2.75) is 26.8 Å². The number of nitrogens with zero attached hydrogens (tertiary/aromatic N) is 2. The molecule has 1 heterocycles. The Morgan fingerprint density at radius 3 is 2.48 bits per heavy atom. The van der Waals surface area contributed by atoms with Crippen LogP contribution in [-0.2, 0) is 17.8 Å². The number of anilines is 1. The van der Waals surface area contributed by atoms with Crippen LogP contribution in [-0.4, -0.2) is 28.9 Å². The lowest BCUT2D eigenvalue weighted by atomic mass is 10.1. The van der Waals surface area contributed by atoms with Crippen LogP contribution >= 0.6 is 11.6 Å². The molecular formula is C22H24ClN3O3. The summed E-state index contributed by atoms with van der Waals surface area (Å²) in [6.45, 7) is 5.46. The highest BCUT2D eigenvalue weighted by Gasteiger charge is 2.13. The van der Waals surface area contributed by atoms with Crippen LogP contribution in [0.2, 0.25) is 5.02 Å². The normalized spacial score (nSPS) is 10.6. The first kappa shape index (κ1) is 20.7. The van der Waals surface area contributed by atoms with Crippen molar-refractivity contribution < 1.29 is 14.3 Å². The third kappa shape index (κ3) is 5.74. The summed E-state index contributed by atoms with van der Waals surface area (Å²) < 4.78 is 12.9. The van der Waals surface area contributed by atoms with Crippen molar-refractivity contribution in [3.8, 4) is 11.5 Å². The molecule has 0 saturated heterocycles. The first-order valence-electron chi connectivity index (χ1n) is 9.54. The first-order chi connectivity index (χ1) is 14.1. The number of benzene rings is 2. The Kier molecular flexibility index (Phi) is 7.14. The molecule has 29 heavy (non-hydrogen) atoms. The molecule has 6 nitrogen and oxygen atoms in total. The van der Waals surface area contributed by atoms with E-state index in [1.807, 2.05) is 62.4 Å². The van der Waals surface area contributed by atoms with E-state index in [0.717, 1.165) is 11.1 Å². The van der Waals surface area contributed by atoms with Crippen molar-refractivity contribution >= 4 is 23.3 Å². The lowest BCUT2D eigenvalue weighted by Gasteiger charge is -2.12. The molecule has 0 unspecified atom stereocenters. The maximum absolute atomic E-state index is 12.5. The minimum Gasteiger partial charge on any atom is -0.490 e. The maximum atomic E-state index is 12.5. The number of aromatic nitrogens is 2. The molecule has 0 fully saturated rings. The summed E-state index contributed by atoms with van der Waals surface area (Å²) in [7, 11) is 0. The predicted molar refractivity (Wildman–Crippen MR) is 114 cm³/mol. The van der Waals surface area contributed by atoms with E-state index in [1.54, 1.807) is 10.9 Å². The first-order valence-corrected chi connectivity index (χ1v) is 9.92. The molecule has 7 heteroatoms. The minimum atomic E-state index is -0.205. The van der Waals surface area contributed by atoms with E-state index in [9.17, 15) is 4.79 Å². The van der Waals surface area contributed by atoms with Gasteiger partial charge in [0.1, 0.15) is 5.02 Å². The fourth-order valence-corrected chi connectivity index (χ4v) is 3.10. The Morgan fingerprint density at radius 2 is 1.76 bits per heavy atom. The smallest absolute Gasteiger partial charge is 0.230 e. The van der Waals surface area contributed by atoms with Crippen molar-refractivity contribution in [3.63, 3.8) is 0 Å². The molecule has 2 aromatic carbocycles. The van der Waals surface area contributed by atoms with Crippen LogP contribution in [0.4, 0.5) is 5.82 Å². The molecule has 0 radical (unpaired) electrons. The Bertz CT molecular complexity index is 957. The molecule has 0 spiro atoms. The fourth-order valence-electron chi connectivity index (χ4n) is 2.90. The SMILES string of the molecule is CCOc1ccc(CC(=O)Nc2nn(Cc3ccccc3)cc2Cl)cc1OCC. The van der Waals surface area contributed by atoms with E-state index >= 15 is 0 Å². The lowest BCUT2D eigenvalue weighted by Crippen LogP contribution is -2.15. The zero-order valence-corrected chi connectivity index (χ0v) is 17.3. The minimum absolute atomic E-state index is 0.175. The molecule has 0 aliphatic heterocycles. The van der Waals surface area contributed by atoms with Gasteiger partial charge in [-0.15, -0.1) is 0 Å². The van der Waals surface area contributed by atoms with Gasteiger partial charge in [-0.2, -0.15) is 5.10 Å². The number of rotatable bonds is 9. The topological polar surface area (TPSA) is 65.4 Å². The van der Waals surface area contributed by atoms with E-state index in [1.165, 1.54) is 0 Å². The monoisotopic (exact) mass is 413 g/mol. The number of nitrogens with one attached hydrogen (secondary N) is 1. The lowest BCUT2D eigenvalue weighted by molar-refractivity contribution is -0.115. The molecule has 0 atom stereocenters. The number of carbonyl (C=O) groups is 1. The average molecular weight is 414 g/mol. The van der Waals surface area contributed by atoms with Crippen molar-refractivity contribution in [1.29, 1.82) is 0 Å². The highest BCUT2D eigenvalue weighted by molar-refractivity contribution is 6.33. The quantitative estimate of drug-likeness (QED) is 0.558. The molecule has 0 aliphatic carbocycles. The fraction of sp³-hybridized carbons (Fsp3) is 0.273.